The summed E-state index contributed by atoms with van der Waals surface area (Å²) < 4.78 is 0. The maximum absolute atomic E-state index is 12.4. The zero-order valence-corrected chi connectivity index (χ0v) is 13.1. The lowest BCUT2D eigenvalue weighted by Crippen LogP contribution is -2.01. The van der Waals surface area contributed by atoms with Crippen LogP contribution in [0, 0.1) is 0 Å². The van der Waals surface area contributed by atoms with Crippen molar-refractivity contribution in [1.82, 2.24) is 0 Å². The Labute approximate surface area is 123 Å². The van der Waals surface area contributed by atoms with Gasteiger partial charge in [0.05, 0.1) is 0 Å². The zero-order valence-electron chi connectivity index (χ0n) is 11.9. The molecule has 20 heavy (non-hydrogen) atoms. The van der Waals surface area contributed by atoms with Gasteiger partial charge in [-0.2, -0.15) is 0 Å². The molecule has 1 atom stereocenters. The lowest BCUT2D eigenvalue weighted by Gasteiger charge is -2.04. The van der Waals surface area contributed by atoms with Crippen LogP contribution in [0.4, 0.5) is 0 Å². The van der Waals surface area contributed by atoms with Crippen LogP contribution in [0.2, 0.25) is 0 Å². The summed E-state index contributed by atoms with van der Waals surface area (Å²) in [6.07, 6.45) is 4.40. The van der Waals surface area contributed by atoms with Crippen LogP contribution in [0.15, 0.2) is 48.5 Å². The highest BCUT2D eigenvalue weighted by Gasteiger charge is 2.08. The number of carbonyl (C=O) groups is 1. The van der Waals surface area contributed by atoms with E-state index in [-0.39, 0.29) is 5.78 Å². The minimum Gasteiger partial charge on any atom is -0.289 e. The lowest BCUT2D eigenvalue weighted by atomic mass is 10.00. The van der Waals surface area contributed by atoms with Crippen molar-refractivity contribution in [2.24, 2.45) is 0 Å². The second kappa shape index (κ2) is 7.36. The van der Waals surface area contributed by atoms with Gasteiger partial charge in [0.2, 0.25) is 0 Å². The molecule has 0 saturated heterocycles. The van der Waals surface area contributed by atoms with Crippen molar-refractivity contribution in [2.45, 2.75) is 32.3 Å². The van der Waals surface area contributed by atoms with Crippen LogP contribution in [0.3, 0.4) is 0 Å². The van der Waals surface area contributed by atoms with Gasteiger partial charge in [-0.3, -0.25) is 4.79 Å². The molecule has 0 aliphatic heterocycles. The Morgan fingerprint density at radius 1 is 0.900 bits per heavy atom. The topological polar surface area (TPSA) is 17.1 Å². The van der Waals surface area contributed by atoms with Crippen LogP contribution < -0.4 is 0 Å². The van der Waals surface area contributed by atoms with E-state index in [0.29, 0.717) is 0 Å². The summed E-state index contributed by atoms with van der Waals surface area (Å²) in [4.78, 5) is 12.4. The third-order valence-electron chi connectivity index (χ3n) is 3.49. The number of rotatable bonds is 6. The molecule has 2 rings (SSSR count). The van der Waals surface area contributed by atoms with E-state index in [9.17, 15) is 4.79 Å². The Morgan fingerprint density at radius 2 is 1.40 bits per heavy atom. The minimum atomic E-state index is 0.0994. The third kappa shape index (κ3) is 3.77. The van der Waals surface area contributed by atoms with E-state index in [4.69, 9.17) is 0 Å². The lowest BCUT2D eigenvalue weighted by molar-refractivity contribution is 0.103. The van der Waals surface area contributed by atoms with E-state index >= 15 is 0 Å². The molecule has 0 amide bonds. The van der Waals surface area contributed by atoms with Gasteiger partial charge in [0.15, 0.2) is 5.78 Å². The summed E-state index contributed by atoms with van der Waals surface area (Å²) >= 11 is 0. The summed E-state index contributed by atoms with van der Waals surface area (Å²) in [6, 6.07) is 15.9. The normalized spacial score (nSPS) is 10.5. The molecular formula is C18H21OP. The molecule has 2 heteroatoms. The number of benzene rings is 2. The fraction of sp³-hybridized carbons (Fsp3) is 0.278. The highest BCUT2D eigenvalue weighted by atomic mass is 31.0. The van der Waals surface area contributed by atoms with Gasteiger partial charge in [-0.05, 0) is 30.1 Å². The van der Waals surface area contributed by atoms with Crippen LogP contribution in [0.25, 0.3) is 0 Å². The van der Waals surface area contributed by atoms with Gasteiger partial charge in [0.25, 0.3) is 0 Å². The molecule has 104 valence electrons. The fourth-order valence-corrected chi connectivity index (χ4v) is 2.43. The first-order valence-corrected chi connectivity index (χ1v) is 7.99. The number of aryl methyl sites for hydroxylation is 1. The Kier molecular flexibility index (Phi) is 5.49. The average Bonchev–Trinajstić information content (AvgIpc) is 2.53. The smallest absolute Gasteiger partial charge is 0.193 e. The Balaban J connectivity index is 2.11. The quantitative estimate of drug-likeness (QED) is 0.558. The van der Waals surface area contributed by atoms with Gasteiger partial charge >= 0.3 is 0 Å². The standard InChI is InChI=1S/C18H21OP/c1-2-3-4-14-5-9-16(10-6-14)18(19)17-11-7-15(13-20)8-12-17/h5-12H,2-4,13,20H2,1H3. The molecule has 0 bridgehead atoms. The molecule has 0 aliphatic carbocycles. The average molecular weight is 284 g/mol. The molecule has 0 spiro atoms. The van der Waals surface area contributed by atoms with Crippen LogP contribution in [-0.4, -0.2) is 5.78 Å². The number of ketones is 1. The number of hydrogen-bond donors (Lipinski definition) is 0. The van der Waals surface area contributed by atoms with Gasteiger partial charge in [0, 0.05) is 11.1 Å². The predicted molar refractivity (Wildman–Crippen MR) is 88.3 cm³/mol. The molecule has 0 heterocycles. The van der Waals surface area contributed by atoms with Gasteiger partial charge < -0.3 is 0 Å². The van der Waals surface area contributed by atoms with E-state index in [2.05, 4.69) is 28.3 Å². The van der Waals surface area contributed by atoms with E-state index in [0.717, 1.165) is 23.7 Å². The van der Waals surface area contributed by atoms with E-state index in [1.165, 1.54) is 24.0 Å². The van der Waals surface area contributed by atoms with E-state index in [1.807, 2.05) is 36.4 Å². The van der Waals surface area contributed by atoms with Crippen molar-refractivity contribution in [2.75, 3.05) is 0 Å². The van der Waals surface area contributed by atoms with Crippen molar-refractivity contribution in [1.29, 1.82) is 0 Å². The summed E-state index contributed by atoms with van der Waals surface area (Å²) in [6.45, 7) is 2.19. The molecule has 2 aromatic rings. The monoisotopic (exact) mass is 284 g/mol. The molecule has 0 aliphatic rings. The predicted octanol–water partition coefficient (Wildman–Crippen LogP) is 4.64. The first kappa shape index (κ1) is 14.9. The maximum Gasteiger partial charge on any atom is 0.193 e. The first-order valence-electron chi connectivity index (χ1n) is 7.17. The van der Waals surface area contributed by atoms with E-state index in [1.54, 1.807) is 0 Å². The number of unbranched alkanes of at least 4 members (excludes halogenated alkanes) is 1. The Morgan fingerprint density at radius 3 is 1.85 bits per heavy atom. The number of carbonyl (C=O) groups excluding carboxylic acids is 1. The van der Waals surface area contributed by atoms with Crippen LogP contribution in [-0.2, 0) is 12.6 Å². The summed E-state index contributed by atoms with van der Waals surface area (Å²) in [5.74, 6) is 0.0994. The van der Waals surface area contributed by atoms with E-state index < -0.39 is 0 Å². The molecule has 1 nitrogen and oxygen atoms in total. The minimum absolute atomic E-state index is 0.0994. The SMILES string of the molecule is CCCCc1ccc(C(=O)c2ccc(CP)cc2)cc1. The Hall–Kier alpha value is -1.46. The van der Waals surface area contributed by atoms with Gasteiger partial charge in [-0.1, -0.05) is 61.9 Å². The molecule has 0 saturated carbocycles. The molecular weight excluding hydrogens is 263 g/mol. The first-order chi connectivity index (χ1) is 9.74. The third-order valence-corrected chi connectivity index (χ3v) is 3.96. The van der Waals surface area contributed by atoms with Crippen molar-refractivity contribution < 1.29 is 4.79 Å². The summed E-state index contributed by atoms with van der Waals surface area (Å²) in [7, 11) is 2.69. The number of hydrogen-bond acceptors (Lipinski definition) is 1. The maximum atomic E-state index is 12.4. The van der Waals surface area contributed by atoms with Gasteiger partial charge in [-0.25, -0.2) is 0 Å². The molecule has 0 aromatic heterocycles. The second-order valence-corrected chi connectivity index (χ2v) is 5.44. The van der Waals surface area contributed by atoms with Crippen LogP contribution >= 0.6 is 9.24 Å². The highest BCUT2D eigenvalue weighted by Crippen LogP contribution is 2.14. The van der Waals surface area contributed by atoms with Crippen molar-refractivity contribution in [3.8, 4) is 0 Å². The molecule has 2 aromatic carbocycles. The summed E-state index contributed by atoms with van der Waals surface area (Å²) in [5.41, 5.74) is 4.06. The second-order valence-electron chi connectivity index (χ2n) is 5.03. The van der Waals surface area contributed by atoms with Crippen molar-refractivity contribution >= 4 is 15.0 Å². The zero-order chi connectivity index (χ0) is 14.4. The fourth-order valence-electron chi connectivity index (χ4n) is 2.16. The molecule has 0 N–H and O–H groups in total. The van der Waals surface area contributed by atoms with Crippen molar-refractivity contribution in [3.63, 3.8) is 0 Å². The van der Waals surface area contributed by atoms with Gasteiger partial charge in [0.1, 0.15) is 0 Å². The largest absolute Gasteiger partial charge is 0.289 e. The van der Waals surface area contributed by atoms with Gasteiger partial charge in [-0.15, -0.1) is 9.24 Å². The van der Waals surface area contributed by atoms with Crippen LogP contribution in [0.1, 0.15) is 46.8 Å². The highest BCUT2D eigenvalue weighted by molar-refractivity contribution is 7.15. The summed E-state index contributed by atoms with van der Waals surface area (Å²) in [5, 5.41) is 0. The molecule has 0 radical (unpaired) electrons. The molecule has 1 unspecified atom stereocenters. The van der Waals surface area contributed by atoms with Crippen molar-refractivity contribution in [3.05, 3.63) is 70.8 Å². The van der Waals surface area contributed by atoms with Crippen LogP contribution in [0.5, 0.6) is 0 Å². The Bertz CT molecular complexity index is 555. The molecule has 0 fully saturated rings.